The van der Waals surface area contributed by atoms with Crippen LogP contribution in [0.25, 0.3) is 11.3 Å². The van der Waals surface area contributed by atoms with Crippen LogP contribution in [0.15, 0.2) is 76.4 Å². The van der Waals surface area contributed by atoms with Crippen molar-refractivity contribution in [3.8, 4) is 11.3 Å². The number of aromatic nitrogens is 2. The van der Waals surface area contributed by atoms with E-state index in [0.29, 0.717) is 11.3 Å². The SMILES string of the molecule is CC(C)S(=O)(=O)c1ccc(CC(=O)NCCn2nc(-c3ccccc3)ccc2=O)cc1. The van der Waals surface area contributed by atoms with Crippen LogP contribution in [0.2, 0.25) is 0 Å². The van der Waals surface area contributed by atoms with E-state index in [9.17, 15) is 18.0 Å². The average Bonchev–Trinajstić information content (AvgIpc) is 2.76. The van der Waals surface area contributed by atoms with Crippen LogP contribution in [0.5, 0.6) is 0 Å². The van der Waals surface area contributed by atoms with Crippen molar-refractivity contribution in [2.24, 2.45) is 0 Å². The number of sulfone groups is 1. The fourth-order valence-electron chi connectivity index (χ4n) is 2.99. The van der Waals surface area contributed by atoms with Gasteiger partial charge in [-0.3, -0.25) is 9.59 Å². The van der Waals surface area contributed by atoms with Crippen LogP contribution in [0.3, 0.4) is 0 Å². The minimum Gasteiger partial charge on any atom is -0.354 e. The molecule has 0 spiro atoms. The minimum atomic E-state index is -3.33. The molecule has 0 unspecified atom stereocenters. The third kappa shape index (κ3) is 5.67. The second-order valence-corrected chi connectivity index (χ2v) is 9.91. The highest BCUT2D eigenvalue weighted by molar-refractivity contribution is 7.92. The van der Waals surface area contributed by atoms with Gasteiger partial charge in [-0.1, -0.05) is 42.5 Å². The number of hydrogen-bond acceptors (Lipinski definition) is 5. The molecule has 0 saturated carbocycles. The molecule has 1 amide bonds. The van der Waals surface area contributed by atoms with Gasteiger partial charge in [0.15, 0.2) is 9.84 Å². The first-order chi connectivity index (χ1) is 14.8. The van der Waals surface area contributed by atoms with Crippen molar-refractivity contribution < 1.29 is 13.2 Å². The van der Waals surface area contributed by atoms with Crippen molar-refractivity contribution in [3.05, 3.63) is 82.6 Å². The van der Waals surface area contributed by atoms with Crippen LogP contribution in [-0.4, -0.2) is 35.9 Å². The lowest BCUT2D eigenvalue weighted by Crippen LogP contribution is -2.32. The highest BCUT2D eigenvalue weighted by Gasteiger charge is 2.18. The first-order valence-electron chi connectivity index (χ1n) is 10.0. The standard InChI is InChI=1S/C23H25N3O4S/c1-17(2)31(29,30)20-10-8-18(9-11-20)16-22(27)24-14-15-26-23(28)13-12-21(25-26)19-6-4-3-5-7-19/h3-13,17H,14-16H2,1-2H3,(H,24,27). The van der Waals surface area contributed by atoms with E-state index in [-0.39, 0.29) is 35.9 Å². The van der Waals surface area contributed by atoms with Gasteiger partial charge in [0.25, 0.3) is 5.56 Å². The van der Waals surface area contributed by atoms with E-state index in [2.05, 4.69) is 10.4 Å². The molecular weight excluding hydrogens is 414 g/mol. The summed E-state index contributed by atoms with van der Waals surface area (Å²) in [6.45, 7) is 3.76. The minimum absolute atomic E-state index is 0.119. The molecule has 0 aliphatic heterocycles. The van der Waals surface area contributed by atoms with E-state index >= 15 is 0 Å². The highest BCUT2D eigenvalue weighted by atomic mass is 32.2. The number of benzene rings is 2. The molecule has 162 valence electrons. The summed E-state index contributed by atoms with van der Waals surface area (Å²) in [4.78, 5) is 24.5. The molecule has 0 radical (unpaired) electrons. The molecular formula is C23H25N3O4S. The van der Waals surface area contributed by atoms with Gasteiger partial charge >= 0.3 is 0 Å². The van der Waals surface area contributed by atoms with E-state index in [0.717, 1.165) is 5.56 Å². The molecule has 1 aromatic heterocycles. The molecule has 0 bridgehead atoms. The van der Waals surface area contributed by atoms with Gasteiger partial charge in [-0.2, -0.15) is 5.10 Å². The van der Waals surface area contributed by atoms with Crippen LogP contribution in [0.1, 0.15) is 19.4 Å². The molecule has 1 N–H and O–H groups in total. The third-order valence-corrected chi connectivity index (χ3v) is 6.99. The zero-order chi connectivity index (χ0) is 22.4. The van der Waals surface area contributed by atoms with E-state index in [1.807, 2.05) is 30.3 Å². The van der Waals surface area contributed by atoms with Crippen molar-refractivity contribution in [1.29, 1.82) is 0 Å². The lowest BCUT2D eigenvalue weighted by atomic mass is 10.1. The molecule has 0 aliphatic carbocycles. The lowest BCUT2D eigenvalue weighted by molar-refractivity contribution is -0.120. The number of hydrogen-bond donors (Lipinski definition) is 1. The largest absolute Gasteiger partial charge is 0.354 e. The number of rotatable bonds is 8. The van der Waals surface area contributed by atoms with Gasteiger partial charge in [-0.15, -0.1) is 0 Å². The second kappa shape index (κ2) is 9.70. The monoisotopic (exact) mass is 439 g/mol. The maximum Gasteiger partial charge on any atom is 0.266 e. The Hall–Kier alpha value is -3.26. The summed E-state index contributed by atoms with van der Waals surface area (Å²) in [5, 5.41) is 6.64. The van der Waals surface area contributed by atoms with Gasteiger partial charge in [-0.25, -0.2) is 13.1 Å². The fraction of sp³-hybridized carbons (Fsp3) is 0.261. The first-order valence-corrected chi connectivity index (χ1v) is 11.5. The Morgan fingerprint density at radius 3 is 2.32 bits per heavy atom. The van der Waals surface area contributed by atoms with Crippen LogP contribution in [0.4, 0.5) is 0 Å². The summed E-state index contributed by atoms with van der Waals surface area (Å²) in [5.41, 5.74) is 2.06. The zero-order valence-corrected chi connectivity index (χ0v) is 18.3. The van der Waals surface area contributed by atoms with Crippen LogP contribution >= 0.6 is 0 Å². The molecule has 2 aromatic carbocycles. The Balaban J connectivity index is 1.57. The van der Waals surface area contributed by atoms with Crippen molar-refractivity contribution >= 4 is 15.7 Å². The molecule has 3 rings (SSSR count). The molecule has 7 nitrogen and oxygen atoms in total. The lowest BCUT2D eigenvalue weighted by Gasteiger charge is -2.10. The molecule has 8 heteroatoms. The van der Waals surface area contributed by atoms with Crippen molar-refractivity contribution in [2.75, 3.05) is 6.54 Å². The summed E-state index contributed by atoms with van der Waals surface area (Å²) in [6, 6.07) is 19.0. The van der Waals surface area contributed by atoms with E-state index < -0.39 is 15.1 Å². The van der Waals surface area contributed by atoms with E-state index in [1.165, 1.54) is 22.9 Å². The molecule has 0 saturated heterocycles. The van der Waals surface area contributed by atoms with Gasteiger partial charge in [0, 0.05) is 18.2 Å². The van der Waals surface area contributed by atoms with Crippen molar-refractivity contribution in [1.82, 2.24) is 15.1 Å². The molecule has 31 heavy (non-hydrogen) atoms. The number of carbonyl (C=O) groups excluding carboxylic acids is 1. The maximum absolute atomic E-state index is 12.2. The summed E-state index contributed by atoms with van der Waals surface area (Å²) in [5.74, 6) is -0.216. The van der Waals surface area contributed by atoms with Crippen molar-refractivity contribution in [3.63, 3.8) is 0 Å². The van der Waals surface area contributed by atoms with Crippen LogP contribution in [-0.2, 0) is 27.6 Å². The number of nitrogens with one attached hydrogen (secondary N) is 1. The summed E-state index contributed by atoms with van der Waals surface area (Å²) in [7, 11) is -3.33. The second-order valence-electron chi connectivity index (χ2n) is 7.41. The smallest absolute Gasteiger partial charge is 0.266 e. The van der Waals surface area contributed by atoms with E-state index in [1.54, 1.807) is 32.0 Å². The number of nitrogens with zero attached hydrogens (tertiary/aromatic N) is 2. The molecule has 3 aromatic rings. The van der Waals surface area contributed by atoms with Gasteiger partial charge in [0.2, 0.25) is 5.91 Å². The molecule has 0 aliphatic rings. The van der Waals surface area contributed by atoms with E-state index in [4.69, 9.17) is 0 Å². The predicted molar refractivity (Wildman–Crippen MR) is 119 cm³/mol. The van der Waals surface area contributed by atoms with Crippen LogP contribution < -0.4 is 10.9 Å². The zero-order valence-electron chi connectivity index (χ0n) is 17.5. The van der Waals surface area contributed by atoms with Gasteiger partial charge in [-0.05, 0) is 37.6 Å². The average molecular weight is 440 g/mol. The molecule has 0 atom stereocenters. The quantitative estimate of drug-likeness (QED) is 0.581. The first kappa shape index (κ1) is 22.4. The van der Waals surface area contributed by atoms with Gasteiger partial charge < -0.3 is 5.32 Å². The highest BCUT2D eigenvalue weighted by Crippen LogP contribution is 2.17. The number of carbonyl (C=O) groups is 1. The fourth-order valence-corrected chi connectivity index (χ4v) is 4.05. The normalized spacial score (nSPS) is 11.5. The Morgan fingerprint density at radius 2 is 1.68 bits per heavy atom. The Kier molecular flexibility index (Phi) is 7.02. The summed E-state index contributed by atoms with van der Waals surface area (Å²) in [6.07, 6.45) is 0.119. The predicted octanol–water partition coefficient (Wildman–Crippen LogP) is 2.45. The summed E-state index contributed by atoms with van der Waals surface area (Å²) < 4.78 is 25.7. The van der Waals surface area contributed by atoms with Gasteiger partial charge in [0.05, 0.1) is 28.8 Å². The third-order valence-electron chi connectivity index (χ3n) is 4.82. The van der Waals surface area contributed by atoms with Crippen LogP contribution in [0, 0.1) is 0 Å². The molecule has 0 fully saturated rings. The summed E-state index contributed by atoms with van der Waals surface area (Å²) >= 11 is 0. The topological polar surface area (TPSA) is 98.1 Å². The Labute approximate surface area is 181 Å². The Bertz CT molecular complexity index is 1200. The molecule has 1 heterocycles. The van der Waals surface area contributed by atoms with Gasteiger partial charge in [0.1, 0.15) is 0 Å². The van der Waals surface area contributed by atoms with Crippen molar-refractivity contribution in [2.45, 2.75) is 37.0 Å². The Morgan fingerprint density at radius 1 is 1.00 bits per heavy atom. The number of amides is 1. The maximum atomic E-state index is 12.2.